The fourth-order valence-corrected chi connectivity index (χ4v) is 21.7. The molecule has 0 spiro atoms. The Kier molecular flexibility index (Phi) is 20.7. The largest absolute Gasteiger partial charge is 0.457 e. The summed E-state index contributed by atoms with van der Waals surface area (Å²) >= 11 is 0. The summed E-state index contributed by atoms with van der Waals surface area (Å²) in [5.74, 6) is -1.85. The third-order valence-electron chi connectivity index (χ3n) is 17.7. The molecule has 22 heteroatoms. The number of alkyl carbamates (subject to hydrolysis) is 3. The summed E-state index contributed by atoms with van der Waals surface area (Å²) in [5.41, 5.74) is 1.33. The van der Waals surface area contributed by atoms with Gasteiger partial charge >= 0.3 is 24.2 Å². The number of ether oxygens (including phenoxy) is 8. The maximum absolute atomic E-state index is 14.2. The zero-order valence-corrected chi connectivity index (χ0v) is 53.2. The molecule has 10 rings (SSSR count). The number of rotatable bonds is 22. The smallest absolute Gasteiger partial charge is 0.407 e. The molecule has 0 aromatic heterocycles. The summed E-state index contributed by atoms with van der Waals surface area (Å²) in [6, 6.07) is 53.1. The monoisotopic (exact) mass is 1270 g/mol. The van der Waals surface area contributed by atoms with Gasteiger partial charge in [0.1, 0.15) is 49.8 Å². The van der Waals surface area contributed by atoms with Crippen molar-refractivity contribution in [3.8, 4) is 0 Å². The molecule has 3 aliphatic heterocycles. The number of hydrogen-bond donors (Lipinski definition) is 7. The van der Waals surface area contributed by atoms with Crippen LogP contribution in [0.25, 0.3) is 0 Å². The van der Waals surface area contributed by atoms with Crippen molar-refractivity contribution < 1.29 is 81.6 Å². The van der Waals surface area contributed by atoms with Crippen molar-refractivity contribution in [1.82, 2.24) is 16.0 Å². The summed E-state index contributed by atoms with van der Waals surface area (Å²) in [6.07, 6.45) is -17.5. The number of esters is 1. The van der Waals surface area contributed by atoms with E-state index in [1.54, 1.807) is 54.6 Å². The summed E-state index contributed by atoms with van der Waals surface area (Å²) in [4.78, 5) is 68.4. The molecule has 1 aliphatic carbocycles. The molecule has 1 saturated carbocycles. The molecule has 3 heterocycles. The topological polar surface area (TPSA) is 268 Å². The summed E-state index contributed by atoms with van der Waals surface area (Å²) in [6.45, 7) is 10.2. The Bertz CT molecular complexity index is 3240. The van der Waals surface area contributed by atoms with Crippen LogP contribution in [0.5, 0.6) is 0 Å². The summed E-state index contributed by atoms with van der Waals surface area (Å²) in [7, 11) is -7.16. The molecular formula is C68H81N3O17Si2. The zero-order valence-electron chi connectivity index (χ0n) is 51.2. The van der Waals surface area contributed by atoms with E-state index in [1.807, 2.05) is 117 Å². The SMILES string of the molecule is CC(=O)O[C@@H]1[C@H](O)[C@@H](CO)O[C@H](O[C@H]2[C@H](O[C@@H]3O[C@H](CO[Si](c4ccccc4)(c4ccccc4)C(C)(C)C)[C@@H](O)[C@H]3CC(C)(C)[Si](O)(c3ccccc3)c3ccccc3)[C@H]3OC(=O)N[C@@H]3C[C@@H]2NC(=O)OCc2ccccc2)[C@@H]1NC(=O)OCc1ccccc1. The molecule has 3 amide bonds. The Morgan fingerprint density at radius 2 is 1.08 bits per heavy atom. The molecule has 20 nitrogen and oxygen atoms in total. The quantitative estimate of drug-likeness (QED) is 0.0253. The number of hydrogen-bond acceptors (Lipinski definition) is 17. The van der Waals surface area contributed by atoms with Crippen LogP contribution in [0.4, 0.5) is 14.4 Å². The molecule has 6 aromatic rings. The number of aliphatic hydroxyl groups excluding tert-OH is 3. The minimum atomic E-state index is -3.86. The molecule has 14 atom stereocenters. The first-order valence-electron chi connectivity index (χ1n) is 30.5. The lowest BCUT2D eigenvalue weighted by molar-refractivity contribution is -0.312. The molecule has 4 aliphatic rings. The third kappa shape index (κ3) is 14.2. The number of nitrogens with one attached hydrogen (secondary N) is 3. The van der Waals surface area contributed by atoms with Gasteiger partial charge in [0.05, 0.1) is 31.4 Å². The first-order chi connectivity index (χ1) is 43.2. The van der Waals surface area contributed by atoms with Crippen molar-refractivity contribution in [2.24, 2.45) is 5.92 Å². The first kappa shape index (κ1) is 65.6. The van der Waals surface area contributed by atoms with E-state index in [-0.39, 0.29) is 32.7 Å². The molecular weight excluding hydrogens is 1190 g/mol. The Balaban J connectivity index is 1.07. The highest BCUT2D eigenvalue weighted by atomic mass is 28.4. The molecule has 7 N–H and O–H groups in total. The Labute approximate surface area is 526 Å². The van der Waals surface area contributed by atoms with Crippen LogP contribution in [-0.2, 0) is 60.3 Å². The second-order valence-corrected chi connectivity index (χ2v) is 33.3. The van der Waals surface area contributed by atoms with Gasteiger partial charge in [0.15, 0.2) is 24.8 Å². The molecule has 0 bridgehead atoms. The minimum Gasteiger partial charge on any atom is -0.457 e. The Hall–Kier alpha value is -7.33. The van der Waals surface area contributed by atoms with Crippen molar-refractivity contribution in [1.29, 1.82) is 0 Å². The van der Waals surface area contributed by atoms with E-state index in [4.69, 9.17) is 42.3 Å². The molecule has 0 unspecified atom stereocenters. The van der Waals surface area contributed by atoms with Crippen molar-refractivity contribution in [3.63, 3.8) is 0 Å². The highest BCUT2D eigenvalue weighted by Crippen LogP contribution is 2.48. The maximum atomic E-state index is 14.2. The van der Waals surface area contributed by atoms with Gasteiger partial charge in [-0.2, -0.15) is 0 Å². The normalized spacial score (nSPS) is 26.9. The van der Waals surface area contributed by atoms with E-state index in [9.17, 15) is 39.3 Å². The van der Waals surface area contributed by atoms with Crippen molar-refractivity contribution >= 4 is 61.6 Å². The van der Waals surface area contributed by atoms with E-state index >= 15 is 0 Å². The average Bonchev–Trinajstić information content (AvgIpc) is 1.16. The number of aliphatic hydroxyl groups is 3. The van der Waals surface area contributed by atoms with Crippen LogP contribution in [0, 0.1) is 5.92 Å². The fourth-order valence-electron chi connectivity index (χ4n) is 13.3. The molecule has 90 heavy (non-hydrogen) atoms. The molecule has 3 saturated heterocycles. The summed E-state index contributed by atoms with van der Waals surface area (Å²) in [5, 5.41) is 46.1. The average molecular weight is 1270 g/mol. The predicted octanol–water partition coefficient (Wildman–Crippen LogP) is 5.44. The van der Waals surface area contributed by atoms with Crippen molar-refractivity contribution in [2.75, 3.05) is 13.2 Å². The van der Waals surface area contributed by atoms with Gasteiger partial charge in [0.2, 0.25) is 0 Å². The predicted molar refractivity (Wildman–Crippen MR) is 336 cm³/mol. The van der Waals surface area contributed by atoms with E-state index in [2.05, 4.69) is 61.0 Å². The van der Waals surface area contributed by atoms with Gasteiger partial charge in [-0.25, -0.2) is 14.4 Å². The van der Waals surface area contributed by atoms with Gasteiger partial charge in [-0.15, -0.1) is 0 Å². The first-order valence-corrected chi connectivity index (χ1v) is 34.3. The third-order valence-corrected chi connectivity index (χ3v) is 27.2. The Morgan fingerprint density at radius 1 is 0.611 bits per heavy atom. The van der Waals surface area contributed by atoms with Crippen molar-refractivity contribution in [3.05, 3.63) is 193 Å². The molecule has 0 radical (unpaired) electrons. The second kappa shape index (κ2) is 28.5. The molecule has 6 aromatic carbocycles. The second-order valence-electron chi connectivity index (χ2n) is 25.1. The maximum Gasteiger partial charge on any atom is 0.407 e. The highest BCUT2D eigenvalue weighted by Gasteiger charge is 2.61. The van der Waals surface area contributed by atoms with Crippen molar-refractivity contribution in [2.45, 2.75) is 157 Å². The van der Waals surface area contributed by atoms with Crippen LogP contribution in [0.3, 0.4) is 0 Å². The lowest BCUT2D eigenvalue weighted by Gasteiger charge is -2.48. The number of amides is 3. The fraction of sp³-hybridized carbons (Fsp3) is 0.412. The van der Waals surface area contributed by atoms with Crippen LogP contribution in [0.15, 0.2) is 182 Å². The minimum absolute atomic E-state index is 0.0713. The van der Waals surface area contributed by atoms with Gasteiger partial charge in [-0.05, 0) is 54.8 Å². The number of benzene rings is 6. The van der Waals surface area contributed by atoms with Crippen LogP contribution in [0.2, 0.25) is 10.1 Å². The highest BCUT2D eigenvalue weighted by molar-refractivity contribution is 6.99. The lowest BCUT2D eigenvalue weighted by Crippen LogP contribution is -2.69. The molecule has 478 valence electrons. The van der Waals surface area contributed by atoms with Gasteiger partial charge in [0.25, 0.3) is 16.6 Å². The number of carbonyl (C=O) groups excluding carboxylic acids is 4. The van der Waals surface area contributed by atoms with Gasteiger partial charge in [-0.3, -0.25) is 4.79 Å². The van der Waals surface area contributed by atoms with Gasteiger partial charge < -0.3 is 78.4 Å². The number of fused-ring (bicyclic) bond motifs is 1. The zero-order chi connectivity index (χ0) is 63.8. The lowest BCUT2D eigenvalue weighted by atomic mass is 9.83. The van der Waals surface area contributed by atoms with E-state index in [1.165, 1.54) is 0 Å². The summed E-state index contributed by atoms with van der Waals surface area (Å²) < 4.78 is 58.5. The van der Waals surface area contributed by atoms with Crippen LogP contribution in [0.1, 0.15) is 65.5 Å². The van der Waals surface area contributed by atoms with Gasteiger partial charge in [0, 0.05) is 12.8 Å². The standard InChI is InChI=1S/C68H81N3O17Si2/c1-43(73)83-60-55(71-65(77)81-41-45-27-15-8-16-28-45)63(84-53(39-72)57(60)75)86-58-51(69-64(76)80-40-44-25-13-7-14-26-44)37-52-59(88-66(78)70-52)61(58)87-62-50(38-68(5,6)89(79,46-29-17-9-18-30-46)47-31-19-10-20-32-47)56(74)54(85-62)42-82-90(67(2,3)4,48-33-21-11-22-34-48)49-35-23-12-24-36-49/h7-36,50-63,72,74-75,79H,37-42H2,1-6H3,(H,69,76)(H,70,78)(H,71,77)/t50-,51+,52-,53-,54-,55-,56+,57-,58-,59+,60+,61+,62+,63-/m1/s1. The van der Waals surface area contributed by atoms with Gasteiger partial charge in [-0.1, -0.05) is 217 Å². The van der Waals surface area contributed by atoms with Crippen LogP contribution in [-0.4, -0.2) is 154 Å². The van der Waals surface area contributed by atoms with E-state index in [0.717, 1.165) is 27.7 Å². The number of carbonyl (C=O) groups is 4. The van der Waals surface area contributed by atoms with E-state index < -0.39 is 143 Å². The van der Waals surface area contributed by atoms with Crippen LogP contribution < -0.4 is 36.7 Å². The molecule has 4 fully saturated rings. The van der Waals surface area contributed by atoms with Crippen LogP contribution >= 0.6 is 0 Å². The Morgan fingerprint density at radius 3 is 1.57 bits per heavy atom. The van der Waals surface area contributed by atoms with E-state index in [0.29, 0.717) is 11.1 Å².